The number of nitrogen functional groups attached to an aromatic ring is 1. The van der Waals surface area contributed by atoms with Crippen LogP contribution >= 0.6 is 11.6 Å². The molecular weight excluding hydrogens is 277 g/mol. The molecule has 0 fully saturated rings. The summed E-state index contributed by atoms with van der Waals surface area (Å²) in [5.74, 6) is -0.310. The summed E-state index contributed by atoms with van der Waals surface area (Å²) in [6.07, 6.45) is 0. The van der Waals surface area contributed by atoms with Crippen LogP contribution in [0.5, 0.6) is 0 Å². The lowest BCUT2D eigenvalue weighted by Crippen LogP contribution is -2.17. The first-order valence-corrected chi connectivity index (χ1v) is 6.44. The molecule has 0 saturated heterocycles. The molecule has 2 rings (SSSR count). The number of halogens is 2. The molecule has 3 N–H and O–H groups in total. The number of hydrogen-bond acceptors (Lipinski definition) is 2. The summed E-state index contributed by atoms with van der Waals surface area (Å²) in [4.78, 5) is 1.95. The first kappa shape index (κ1) is 14.3. The third-order valence-electron chi connectivity index (χ3n) is 2.99. The fraction of sp³-hybridized carbons (Fsp3) is 0.133. The lowest BCUT2D eigenvalue weighted by molar-refractivity contribution is 0.625. The topological polar surface area (TPSA) is 53.1 Å². The van der Waals surface area contributed by atoms with Gasteiger partial charge in [0.1, 0.15) is 11.7 Å². The van der Waals surface area contributed by atoms with E-state index in [1.807, 2.05) is 24.1 Å². The molecule has 0 aliphatic carbocycles. The largest absolute Gasteiger partial charge is 0.384 e. The molecule has 0 aliphatic rings. The molecule has 2 aromatic rings. The van der Waals surface area contributed by atoms with Gasteiger partial charge in [-0.15, -0.1) is 0 Å². The normalized spacial score (nSPS) is 10.3. The van der Waals surface area contributed by atoms with E-state index in [0.717, 1.165) is 11.3 Å². The summed E-state index contributed by atoms with van der Waals surface area (Å²) in [7, 11) is 1.89. The number of benzene rings is 2. The molecule has 0 bridgehead atoms. The SMILES string of the molecule is CN(Cc1cccc(F)c1)c1ccc(C(=N)N)c(Cl)c1. The molecule has 0 aliphatic heterocycles. The molecule has 0 aromatic heterocycles. The zero-order chi connectivity index (χ0) is 14.7. The molecule has 20 heavy (non-hydrogen) atoms. The average Bonchev–Trinajstić information content (AvgIpc) is 2.38. The Hall–Kier alpha value is -2.07. The Morgan fingerprint density at radius 3 is 2.65 bits per heavy atom. The van der Waals surface area contributed by atoms with Crippen molar-refractivity contribution in [2.75, 3.05) is 11.9 Å². The number of nitrogens with zero attached hydrogens (tertiary/aromatic N) is 1. The van der Waals surface area contributed by atoms with Gasteiger partial charge >= 0.3 is 0 Å². The van der Waals surface area contributed by atoms with Crippen molar-refractivity contribution in [1.82, 2.24) is 0 Å². The lowest BCUT2D eigenvalue weighted by atomic mass is 10.1. The van der Waals surface area contributed by atoms with Crippen LogP contribution in [0.3, 0.4) is 0 Å². The number of amidine groups is 1. The van der Waals surface area contributed by atoms with Crippen molar-refractivity contribution in [3.05, 3.63) is 64.4 Å². The molecule has 104 valence electrons. The maximum Gasteiger partial charge on any atom is 0.124 e. The zero-order valence-electron chi connectivity index (χ0n) is 11.0. The highest BCUT2D eigenvalue weighted by molar-refractivity contribution is 6.34. The zero-order valence-corrected chi connectivity index (χ0v) is 11.8. The second kappa shape index (κ2) is 5.92. The Morgan fingerprint density at radius 1 is 1.30 bits per heavy atom. The minimum atomic E-state index is -0.249. The van der Waals surface area contributed by atoms with Crippen molar-refractivity contribution >= 4 is 23.1 Å². The van der Waals surface area contributed by atoms with Crippen molar-refractivity contribution in [3.63, 3.8) is 0 Å². The van der Waals surface area contributed by atoms with Gasteiger partial charge in [0.2, 0.25) is 0 Å². The second-order valence-corrected chi connectivity index (χ2v) is 4.97. The highest BCUT2D eigenvalue weighted by Crippen LogP contribution is 2.24. The highest BCUT2D eigenvalue weighted by atomic mass is 35.5. The Balaban J connectivity index is 2.19. The minimum Gasteiger partial charge on any atom is -0.384 e. The van der Waals surface area contributed by atoms with Gasteiger partial charge in [-0.25, -0.2) is 4.39 Å². The van der Waals surface area contributed by atoms with E-state index in [1.165, 1.54) is 12.1 Å². The van der Waals surface area contributed by atoms with Crippen LogP contribution < -0.4 is 10.6 Å². The molecule has 5 heteroatoms. The van der Waals surface area contributed by atoms with Crippen molar-refractivity contribution in [3.8, 4) is 0 Å². The molecule has 3 nitrogen and oxygen atoms in total. The number of nitrogens with two attached hydrogens (primary N) is 1. The maximum absolute atomic E-state index is 13.1. The maximum atomic E-state index is 13.1. The quantitative estimate of drug-likeness (QED) is 0.670. The molecule has 0 atom stereocenters. The third-order valence-corrected chi connectivity index (χ3v) is 3.31. The van der Waals surface area contributed by atoms with Crippen LogP contribution in [0.25, 0.3) is 0 Å². The van der Waals surface area contributed by atoms with Crippen molar-refractivity contribution < 1.29 is 4.39 Å². The van der Waals surface area contributed by atoms with E-state index in [0.29, 0.717) is 17.1 Å². The van der Waals surface area contributed by atoms with Crippen molar-refractivity contribution in [2.45, 2.75) is 6.54 Å². The van der Waals surface area contributed by atoms with Crippen LogP contribution in [0.1, 0.15) is 11.1 Å². The van der Waals surface area contributed by atoms with E-state index in [-0.39, 0.29) is 11.7 Å². The molecule has 0 unspecified atom stereocenters. The minimum absolute atomic E-state index is 0.0608. The fourth-order valence-corrected chi connectivity index (χ4v) is 2.24. The van der Waals surface area contributed by atoms with Gasteiger partial charge in [-0.2, -0.15) is 0 Å². The van der Waals surface area contributed by atoms with E-state index in [2.05, 4.69) is 0 Å². The number of hydrogen-bond donors (Lipinski definition) is 2. The van der Waals surface area contributed by atoms with Gasteiger partial charge in [-0.1, -0.05) is 23.7 Å². The Kier molecular flexibility index (Phi) is 4.25. The summed E-state index contributed by atoms with van der Waals surface area (Å²) in [5, 5.41) is 7.83. The lowest BCUT2D eigenvalue weighted by Gasteiger charge is -2.20. The van der Waals surface area contributed by atoms with Crippen LogP contribution in [0.2, 0.25) is 5.02 Å². The third kappa shape index (κ3) is 3.27. The van der Waals surface area contributed by atoms with E-state index in [9.17, 15) is 4.39 Å². The molecule has 0 heterocycles. The number of rotatable bonds is 4. The first-order valence-electron chi connectivity index (χ1n) is 6.07. The Morgan fingerprint density at radius 2 is 2.05 bits per heavy atom. The van der Waals surface area contributed by atoms with Gasteiger partial charge in [0, 0.05) is 24.8 Å². The second-order valence-electron chi connectivity index (χ2n) is 4.56. The van der Waals surface area contributed by atoms with Gasteiger partial charge in [0.05, 0.1) is 5.02 Å². The molecule has 0 amide bonds. The predicted octanol–water partition coefficient (Wildman–Crippen LogP) is 3.40. The number of anilines is 1. The van der Waals surface area contributed by atoms with Crippen molar-refractivity contribution in [2.24, 2.45) is 5.73 Å². The molecule has 0 spiro atoms. The summed E-state index contributed by atoms with van der Waals surface area (Å²) < 4.78 is 13.1. The summed E-state index contributed by atoms with van der Waals surface area (Å²) in [5.41, 5.74) is 7.69. The predicted molar refractivity (Wildman–Crippen MR) is 81.0 cm³/mol. The summed E-state index contributed by atoms with van der Waals surface area (Å²) in [6, 6.07) is 11.8. The van der Waals surface area contributed by atoms with Gasteiger partial charge < -0.3 is 10.6 Å². The van der Waals surface area contributed by atoms with Crippen LogP contribution in [0.4, 0.5) is 10.1 Å². The van der Waals surface area contributed by atoms with Crippen LogP contribution in [0, 0.1) is 11.2 Å². The van der Waals surface area contributed by atoms with Gasteiger partial charge in [-0.3, -0.25) is 5.41 Å². The van der Waals surface area contributed by atoms with E-state index in [4.69, 9.17) is 22.7 Å². The Bertz CT molecular complexity index is 643. The summed E-state index contributed by atoms with van der Waals surface area (Å²) in [6.45, 7) is 0.563. The van der Waals surface area contributed by atoms with Crippen LogP contribution in [-0.2, 0) is 6.54 Å². The highest BCUT2D eigenvalue weighted by Gasteiger charge is 2.08. The molecule has 2 aromatic carbocycles. The molecular formula is C15H15ClFN3. The fourth-order valence-electron chi connectivity index (χ4n) is 1.96. The standard InChI is InChI=1S/C15H15ClFN3/c1-20(9-10-3-2-4-11(17)7-10)12-5-6-13(15(18)19)14(16)8-12/h2-8H,9H2,1H3,(H3,18,19). The first-order chi connectivity index (χ1) is 9.47. The Labute approximate surface area is 122 Å². The van der Waals surface area contributed by atoms with Crippen molar-refractivity contribution in [1.29, 1.82) is 5.41 Å². The summed E-state index contributed by atoms with van der Waals surface area (Å²) >= 11 is 6.09. The van der Waals surface area contributed by atoms with E-state index in [1.54, 1.807) is 18.2 Å². The van der Waals surface area contributed by atoms with E-state index >= 15 is 0 Å². The average molecular weight is 292 g/mol. The van der Waals surface area contributed by atoms with Gasteiger partial charge in [-0.05, 0) is 35.9 Å². The van der Waals surface area contributed by atoms with Gasteiger partial charge in [0.15, 0.2) is 0 Å². The number of nitrogens with one attached hydrogen (secondary N) is 1. The molecule has 0 radical (unpaired) electrons. The molecule has 0 saturated carbocycles. The van der Waals surface area contributed by atoms with E-state index < -0.39 is 0 Å². The van der Waals surface area contributed by atoms with Gasteiger partial charge in [0.25, 0.3) is 0 Å². The van der Waals surface area contributed by atoms with Crippen LogP contribution in [-0.4, -0.2) is 12.9 Å². The smallest absolute Gasteiger partial charge is 0.124 e. The monoisotopic (exact) mass is 291 g/mol. The van der Waals surface area contributed by atoms with Crippen LogP contribution in [0.15, 0.2) is 42.5 Å².